The molecule has 1 aliphatic heterocycles. The molecule has 5 heteroatoms. The van der Waals surface area contributed by atoms with Crippen LogP contribution in [0.25, 0.3) is 11.0 Å². The van der Waals surface area contributed by atoms with E-state index in [1.165, 1.54) is 5.69 Å². The molecule has 142 valence electrons. The van der Waals surface area contributed by atoms with Crippen LogP contribution < -0.4 is 10.5 Å². The van der Waals surface area contributed by atoms with E-state index >= 15 is 0 Å². The number of hydrogen-bond acceptors (Lipinski definition) is 4. The highest BCUT2D eigenvalue weighted by molar-refractivity contribution is 5.74. The van der Waals surface area contributed by atoms with Gasteiger partial charge in [-0.25, -0.2) is 0 Å². The maximum absolute atomic E-state index is 12.1. The van der Waals surface area contributed by atoms with Gasteiger partial charge in [-0.05, 0) is 48.4 Å². The number of nitrogens with zero attached hydrogens (tertiary/aromatic N) is 3. The first-order valence-electron chi connectivity index (χ1n) is 9.71. The molecule has 3 aromatic rings. The summed E-state index contributed by atoms with van der Waals surface area (Å²) in [7, 11) is 0. The number of fused-ring (bicyclic) bond motifs is 1. The van der Waals surface area contributed by atoms with Crippen molar-refractivity contribution in [3.63, 3.8) is 0 Å². The average Bonchev–Trinajstić information content (AvgIpc) is 2.74. The van der Waals surface area contributed by atoms with Gasteiger partial charge in [-0.2, -0.15) is 0 Å². The zero-order valence-corrected chi connectivity index (χ0v) is 16.1. The fourth-order valence-electron chi connectivity index (χ4n) is 3.71. The molecule has 1 aliphatic rings. The first kappa shape index (κ1) is 18.3. The molecule has 0 unspecified atom stereocenters. The standard InChI is InChI=1S/C23H24N4O/c1-3-17-5-7-20(8-6-17)27-11-9-26(10-12-27)16-18-13-22-21(24-15-18)14-19(4-2)23(28)25-22/h1,5-8,13-15H,4,9-12,16H2,2H3,(H,25,28). The largest absolute Gasteiger partial charge is 0.369 e. The van der Waals surface area contributed by atoms with E-state index < -0.39 is 0 Å². The minimum atomic E-state index is -0.0154. The van der Waals surface area contributed by atoms with E-state index in [2.05, 4.69) is 37.8 Å². The number of rotatable bonds is 4. The number of aromatic nitrogens is 2. The van der Waals surface area contributed by atoms with Crippen LogP contribution in [0.3, 0.4) is 0 Å². The summed E-state index contributed by atoms with van der Waals surface area (Å²) in [6.45, 7) is 6.75. The number of anilines is 1. The summed E-state index contributed by atoms with van der Waals surface area (Å²) in [6, 6.07) is 12.1. The summed E-state index contributed by atoms with van der Waals surface area (Å²) in [5.74, 6) is 2.66. The first-order chi connectivity index (χ1) is 13.7. The Morgan fingerprint density at radius 3 is 2.57 bits per heavy atom. The van der Waals surface area contributed by atoms with Crippen LogP contribution in [-0.2, 0) is 13.0 Å². The van der Waals surface area contributed by atoms with Gasteiger partial charge in [0.05, 0.1) is 11.0 Å². The van der Waals surface area contributed by atoms with Gasteiger partial charge < -0.3 is 9.88 Å². The second-order valence-electron chi connectivity index (χ2n) is 7.21. The molecular formula is C23H24N4O. The number of aromatic amines is 1. The van der Waals surface area contributed by atoms with Crippen LogP contribution in [0.4, 0.5) is 5.69 Å². The van der Waals surface area contributed by atoms with Gasteiger partial charge in [0.25, 0.3) is 5.56 Å². The molecule has 0 bridgehead atoms. The number of pyridine rings is 2. The van der Waals surface area contributed by atoms with Crippen molar-refractivity contribution in [3.8, 4) is 12.3 Å². The molecule has 0 amide bonds. The fourth-order valence-corrected chi connectivity index (χ4v) is 3.71. The minimum absolute atomic E-state index is 0.0154. The molecule has 0 spiro atoms. The van der Waals surface area contributed by atoms with E-state index in [-0.39, 0.29) is 5.56 Å². The number of hydrogen-bond donors (Lipinski definition) is 1. The molecule has 1 fully saturated rings. The number of piperazine rings is 1. The Balaban J connectivity index is 1.41. The maximum Gasteiger partial charge on any atom is 0.251 e. The molecule has 28 heavy (non-hydrogen) atoms. The van der Waals surface area contributed by atoms with Crippen molar-refractivity contribution in [1.82, 2.24) is 14.9 Å². The number of H-pyrrole nitrogens is 1. The molecule has 1 N–H and O–H groups in total. The SMILES string of the molecule is C#Cc1ccc(N2CCN(Cc3cnc4cc(CC)c(=O)[nH]c4c3)CC2)cc1. The monoisotopic (exact) mass is 372 g/mol. The summed E-state index contributed by atoms with van der Waals surface area (Å²) in [5, 5.41) is 0. The second-order valence-corrected chi connectivity index (χ2v) is 7.21. The van der Waals surface area contributed by atoms with Gasteiger partial charge in [-0.1, -0.05) is 12.8 Å². The van der Waals surface area contributed by atoms with Crippen molar-refractivity contribution < 1.29 is 0 Å². The van der Waals surface area contributed by atoms with Crippen LogP contribution in [0, 0.1) is 12.3 Å². The Labute approximate surface area is 165 Å². The van der Waals surface area contributed by atoms with Crippen molar-refractivity contribution in [2.45, 2.75) is 19.9 Å². The van der Waals surface area contributed by atoms with Gasteiger partial charge in [-0.3, -0.25) is 14.7 Å². The second kappa shape index (κ2) is 7.87. The fraction of sp³-hybridized carbons (Fsp3) is 0.304. The predicted octanol–water partition coefficient (Wildman–Crippen LogP) is 2.79. The molecule has 5 nitrogen and oxygen atoms in total. The van der Waals surface area contributed by atoms with Crippen molar-refractivity contribution in [3.05, 3.63) is 69.6 Å². The topological polar surface area (TPSA) is 52.2 Å². The highest BCUT2D eigenvalue weighted by Gasteiger charge is 2.17. The predicted molar refractivity (Wildman–Crippen MR) is 114 cm³/mol. The van der Waals surface area contributed by atoms with Crippen LogP contribution in [0.2, 0.25) is 0 Å². The molecular weight excluding hydrogens is 348 g/mol. The molecule has 0 aliphatic carbocycles. The van der Waals surface area contributed by atoms with E-state index in [1.807, 2.05) is 37.4 Å². The smallest absolute Gasteiger partial charge is 0.251 e. The van der Waals surface area contributed by atoms with Crippen molar-refractivity contribution >= 4 is 16.7 Å². The molecule has 2 aromatic heterocycles. The number of benzene rings is 1. The molecule has 0 radical (unpaired) electrons. The Morgan fingerprint density at radius 2 is 1.89 bits per heavy atom. The average molecular weight is 372 g/mol. The summed E-state index contributed by atoms with van der Waals surface area (Å²) in [4.78, 5) is 24.4. The molecule has 0 saturated carbocycles. The van der Waals surface area contributed by atoms with Gasteiger partial charge in [0.15, 0.2) is 0 Å². The van der Waals surface area contributed by atoms with E-state index in [1.54, 1.807) is 0 Å². The Hall–Kier alpha value is -3.10. The Morgan fingerprint density at radius 1 is 1.14 bits per heavy atom. The van der Waals surface area contributed by atoms with Crippen LogP contribution in [-0.4, -0.2) is 41.0 Å². The molecule has 1 saturated heterocycles. The summed E-state index contributed by atoms with van der Waals surface area (Å²) in [5.41, 5.74) is 5.68. The van der Waals surface area contributed by atoms with Crippen LogP contribution in [0.5, 0.6) is 0 Å². The summed E-state index contributed by atoms with van der Waals surface area (Å²) >= 11 is 0. The van der Waals surface area contributed by atoms with Crippen molar-refractivity contribution in [2.75, 3.05) is 31.1 Å². The third-order valence-corrected chi connectivity index (χ3v) is 5.38. The van der Waals surface area contributed by atoms with Gasteiger partial charge in [0.1, 0.15) is 0 Å². The van der Waals surface area contributed by atoms with Crippen molar-refractivity contribution in [2.24, 2.45) is 0 Å². The highest BCUT2D eigenvalue weighted by Crippen LogP contribution is 2.19. The van der Waals surface area contributed by atoms with Crippen LogP contribution in [0.15, 0.2) is 47.4 Å². The third kappa shape index (κ3) is 3.78. The van der Waals surface area contributed by atoms with E-state index in [9.17, 15) is 4.79 Å². The minimum Gasteiger partial charge on any atom is -0.369 e. The number of aryl methyl sites for hydroxylation is 1. The first-order valence-corrected chi connectivity index (χ1v) is 9.71. The lowest BCUT2D eigenvalue weighted by molar-refractivity contribution is 0.249. The number of nitrogens with one attached hydrogen (secondary N) is 1. The lowest BCUT2D eigenvalue weighted by Gasteiger charge is -2.36. The van der Waals surface area contributed by atoms with Gasteiger partial charge in [0.2, 0.25) is 0 Å². The van der Waals surface area contributed by atoms with Gasteiger partial charge in [0, 0.05) is 55.7 Å². The van der Waals surface area contributed by atoms with Crippen LogP contribution >= 0.6 is 0 Å². The van der Waals surface area contributed by atoms with Crippen LogP contribution in [0.1, 0.15) is 23.6 Å². The molecule has 3 heterocycles. The highest BCUT2D eigenvalue weighted by atomic mass is 16.1. The third-order valence-electron chi connectivity index (χ3n) is 5.38. The normalized spacial score (nSPS) is 14.9. The molecule has 0 atom stereocenters. The zero-order valence-electron chi connectivity index (χ0n) is 16.1. The van der Waals surface area contributed by atoms with E-state index in [4.69, 9.17) is 6.42 Å². The molecule has 1 aromatic carbocycles. The maximum atomic E-state index is 12.1. The van der Waals surface area contributed by atoms with E-state index in [0.717, 1.165) is 60.4 Å². The Bertz CT molecular complexity index is 1070. The Kier molecular flexibility index (Phi) is 5.14. The zero-order chi connectivity index (χ0) is 19.5. The molecule has 4 rings (SSSR count). The van der Waals surface area contributed by atoms with E-state index in [0.29, 0.717) is 6.42 Å². The summed E-state index contributed by atoms with van der Waals surface area (Å²) < 4.78 is 0. The quantitative estimate of drug-likeness (QED) is 0.716. The van der Waals surface area contributed by atoms with Gasteiger partial charge >= 0.3 is 0 Å². The summed E-state index contributed by atoms with van der Waals surface area (Å²) in [6.07, 6.45) is 8.07. The lowest BCUT2D eigenvalue weighted by atomic mass is 10.1. The van der Waals surface area contributed by atoms with Crippen molar-refractivity contribution in [1.29, 1.82) is 0 Å². The number of terminal acetylenes is 1. The van der Waals surface area contributed by atoms with Gasteiger partial charge in [-0.15, -0.1) is 6.42 Å². The lowest BCUT2D eigenvalue weighted by Crippen LogP contribution is -2.45.